The summed E-state index contributed by atoms with van der Waals surface area (Å²) in [6.45, 7) is 10.6. The van der Waals surface area contributed by atoms with Crippen molar-refractivity contribution in [3.63, 3.8) is 0 Å². The topological polar surface area (TPSA) is 41.6 Å². The Bertz CT molecular complexity index is 511. The summed E-state index contributed by atoms with van der Waals surface area (Å²) in [5, 5.41) is 3.01. The van der Waals surface area contributed by atoms with E-state index in [9.17, 15) is 4.79 Å². The molecular weight excluding hydrogens is 252 g/mol. The van der Waals surface area contributed by atoms with E-state index < -0.39 is 5.72 Å². The molecule has 0 radical (unpaired) electrons. The molecule has 0 aromatic heterocycles. The Hall–Kier alpha value is -1.55. The summed E-state index contributed by atoms with van der Waals surface area (Å²) >= 11 is 0. The highest BCUT2D eigenvalue weighted by Gasteiger charge is 2.42. The number of anilines is 1. The molecular formula is C16H24N2O2. The predicted octanol–water partition coefficient (Wildman–Crippen LogP) is 3.68. The van der Waals surface area contributed by atoms with Crippen LogP contribution >= 0.6 is 0 Å². The highest BCUT2D eigenvalue weighted by atomic mass is 16.5. The quantitative estimate of drug-likeness (QED) is 0.895. The smallest absolute Gasteiger partial charge is 0.324 e. The zero-order chi connectivity index (χ0) is 14.9. The Labute approximate surface area is 121 Å². The molecule has 0 aliphatic carbocycles. The normalized spacial score (nSPS) is 21.1. The first-order valence-electron chi connectivity index (χ1n) is 7.16. The van der Waals surface area contributed by atoms with Gasteiger partial charge in [-0.2, -0.15) is 0 Å². The monoisotopic (exact) mass is 276 g/mol. The summed E-state index contributed by atoms with van der Waals surface area (Å²) < 4.78 is 5.73. The number of rotatable bonds is 2. The summed E-state index contributed by atoms with van der Waals surface area (Å²) in [6.07, 6.45) is 0.893. The summed E-state index contributed by atoms with van der Waals surface area (Å²) in [7, 11) is 0. The fourth-order valence-corrected chi connectivity index (χ4v) is 2.72. The van der Waals surface area contributed by atoms with Gasteiger partial charge in [-0.25, -0.2) is 4.79 Å². The zero-order valence-corrected chi connectivity index (χ0v) is 13.0. The zero-order valence-electron chi connectivity index (χ0n) is 13.0. The molecule has 0 saturated carbocycles. The Morgan fingerprint density at radius 3 is 2.75 bits per heavy atom. The van der Waals surface area contributed by atoms with Gasteiger partial charge in [0.25, 0.3) is 0 Å². The Morgan fingerprint density at radius 2 is 2.15 bits per heavy atom. The summed E-state index contributed by atoms with van der Waals surface area (Å²) in [4.78, 5) is 14.4. The number of nitrogens with one attached hydrogen (secondary N) is 1. The van der Waals surface area contributed by atoms with Crippen molar-refractivity contribution in [2.75, 3.05) is 11.9 Å². The van der Waals surface area contributed by atoms with Gasteiger partial charge in [-0.1, -0.05) is 24.6 Å². The number of carbonyl (C=O) groups excluding carboxylic acids is 1. The van der Waals surface area contributed by atoms with Gasteiger partial charge in [0.05, 0.1) is 12.6 Å². The fraction of sp³-hybridized carbons (Fsp3) is 0.562. The van der Waals surface area contributed by atoms with E-state index in [1.165, 1.54) is 5.56 Å². The van der Waals surface area contributed by atoms with Crippen molar-refractivity contribution in [3.05, 3.63) is 29.3 Å². The van der Waals surface area contributed by atoms with Crippen LogP contribution in [-0.4, -0.2) is 29.3 Å². The number of hydrogen-bond acceptors (Lipinski definition) is 2. The minimum atomic E-state index is -0.552. The van der Waals surface area contributed by atoms with Crippen molar-refractivity contribution in [2.45, 2.75) is 52.8 Å². The van der Waals surface area contributed by atoms with Crippen LogP contribution in [-0.2, 0) is 4.74 Å². The van der Waals surface area contributed by atoms with Crippen molar-refractivity contribution in [1.82, 2.24) is 4.90 Å². The highest BCUT2D eigenvalue weighted by Crippen LogP contribution is 2.30. The third-order valence-electron chi connectivity index (χ3n) is 3.89. The van der Waals surface area contributed by atoms with Gasteiger partial charge in [0, 0.05) is 5.69 Å². The largest absolute Gasteiger partial charge is 0.354 e. The molecule has 1 aromatic carbocycles. The van der Waals surface area contributed by atoms with E-state index in [1.54, 1.807) is 0 Å². The molecule has 1 atom stereocenters. The lowest BCUT2D eigenvalue weighted by Gasteiger charge is -2.33. The molecule has 0 bridgehead atoms. The van der Waals surface area contributed by atoms with Crippen molar-refractivity contribution >= 4 is 11.7 Å². The van der Waals surface area contributed by atoms with E-state index in [4.69, 9.17) is 4.74 Å². The lowest BCUT2D eigenvalue weighted by molar-refractivity contribution is -0.0301. The number of benzene rings is 1. The van der Waals surface area contributed by atoms with Gasteiger partial charge in [0.1, 0.15) is 5.72 Å². The molecule has 1 fully saturated rings. The highest BCUT2D eigenvalue weighted by molar-refractivity contribution is 5.91. The van der Waals surface area contributed by atoms with Crippen LogP contribution in [0.3, 0.4) is 0 Å². The van der Waals surface area contributed by atoms with Crippen molar-refractivity contribution in [3.8, 4) is 0 Å². The number of nitrogens with zero attached hydrogens (tertiary/aromatic N) is 1. The molecule has 1 saturated heterocycles. The van der Waals surface area contributed by atoms with E-state index >= 15 is 0 Å². The molecule has 4 nitrogen and oxygen atoms in total. The molecule has 20 heavy (non-hydrogen) atoms. The molecule has 110 valence electrons. The van der Waals surface area contributed by atoms with E-state index in [0.717, 1.165) is 17.7 Å². The van der Waals surface area contributed by atoms with E-state index in [-0.39, 0.29) is 12.1 Å². The molecule has 0 spiro atoms. The predicted molar refractivity (Wildman–Crippen MR) is 80.9 cm³/mol. The van der Waals surface area contributed by atoms with E-state index in [1.807, 2.05) is 44.7 Å². The SMILES string of the molecule is CCC1COC(C)(C)N1C(=O)Nc1ccc(C)cc1C. The standard InChI is InChI=1S/C16H24N2O2/c1-6-13-10-20-16(4,5)18(13)15(19)17-14-8-7-11(2)9-12(14)3/h7-9,13H,6,10H2,1-5H3,(H,17,19). The average molecular weight is 276 g/mol. The van der Waals surface area contributed by atoms with Crippen molar-refractivity contribution in [2.24, 2.45) is 0 Å². The van der Waals surface area contributed by atoms with Crippen LogP contribution in [0.2, 0.25) is 0 Å². The van der Waals surface area contributed by atoms with E-state index in [0.29, 0.717) is 6.61 Å². The van der Waals surface area contributed by atoms with Gasteiger partial charge in [-0.3, -0.25) is 4.90 Å². The lowest BCUT2D eigenvalue weighted by Crippen LogP contribution is -2.49. The van der Waals surface area contributed by atoms with Gasteiger partial charge >= 0.3 is 6.03 Å². The van der Waals surface area contributed by atoms with Gasteiger partial charge in [0.2, 0.25) is 0 Å². The maximum absolute atomic E-state index is 12.6. The van der Waals surface area contributed by atoms with Crippen LogP contribution < -0.4 is 5.32 Å². The lowest BCUT2D eigenvalue weighted by atomic mass is 10.1. The maximum Gasteiger partial charge on any atom is 0.324 e. The van der Waals surface area contributed by atoms with E-state index in [2.05, 4.69) is 18.3 Å². The average Bonchev–Trinajstić information content (AvgIpc) is 2.67. The summed E-state index contributed by atoms with van der Waals surface area (Å²) in [6, 6.07) is 6.07. The van der Waals surface area contributed by atoms with Crippen LogP contribution in [0, 0.1) is 13.8 Å². The molecule has 1 aliphatic rings. The number of carbonyl (C=O) groups is 1. The molecule has 4 heteroatoms. The molecule has 2 rings (SSSR count). The minimum Gasteiger partial charge on any atom is -0.354 e. The summed E-state index contributed by atoms with van der Waals surface area (Å²) in [5.74, 6) is 0. The van der Waals surface area contributed by atoms with Crippen LogP contribution in [0.5, 0.6) is 0 Å². The Morgan fingerprint density at radius 1 is 1.45 bits per heavy atom. The number of urea groups is 1. The fourth-order valence-electron chi connectivity index (χ4n) is 2.72. The van der Waals surface area contributed by atoms with Gasteiger partial charge < -0.3 is 10.1 Å². The Balaban J connectivity index is 2.18. The summed E-state index contributed by atoms with van der Waals surface area (Å²) in [5.41, 5.74) is 2.57. The molecule has 1 aromatic rings. The van der Waals surface area contributed by atoms with Crippen LogP contribution in [0.25, 0.3) is 0 Å². The first-order valence-corrected chi connectivity index (χ1v) is 7.16. The number of aryl methyl sites for hydroxylation is 2. The maximum atomic E-state index is 12.6. The van der Waals surface area contributed by atoms with Crippen molar-refractivity contribution in [1.29, 1.82) is 0 Å². The Kier molecular flexibility index (Phi) is 4.04. The van der Waals surface area contributed by atoms with Crippen LogP contribution in [0.15, 0.2) is 18.2 Å². The molecule has 1 aliphatic heterocycles. The van der Waals surface area contributed by atoms with Crippen molar-refractivity contribution < 1.29 is 9.53 Å². The number of ether oxygens (including phenoxy) is 1. The van der Waals surface area contributed by atoms with Gasteiger partial charge in [-0.05, 0) is 45.7 Å². The third kappa shape index (κ3) is 2.80. The van der Waals surface area contributed by atoms with Gasteiger partial charge in [-0.15, -0.1) is 0 Å². The van der Waals surface area contributed by atoms with Crippen LogP contribution in [0.4, 0.5) is 10.5 Å². The molecule has 1 unspecified atom stereocenters. The minimum absolute atomic E-state index is 0.0914. The second kappa shape index (κ2) is 5.44. The number of hydrogen-bond donors (Lipinski definition) is 1. The first kappa shape index (κ1) is 14.9. The second-order valence-electron chi connectivity index (χ2n) is 5.94. The van der Waals surface area contributed by atoms with Crippen LogP contribution in [0.1, 0.15) is 38.3 Å². The molecule has 2 amide bonds. The molecule has 1 heterocycles. The van der Waals surface area contributed by atoms with Gasteiger partial charge in [0.15, 0.2) is 0 Å². The first-order chi connectivity index (χ1) is 9.35. The molecule has 1 N–H and O–H groups in total. The second-order valence-corrected chi connectivity index (χ2v) is 5.94. The number of amides is 2. The third-order valence-corrected chi connectivity index (χ3v) is 3.89.